The third-order valence-corrected chi connectivity index (χ3v) is 8.77. The number of unbranched alkanes of at least 4 members (excludes halogenated alkanes) is 23. The fourth-order valence-corrected chi connectivity index (χ4v) is 5.79. The zero-order valence-corrected chi connectivity index (χ0v) is 30.6. The lowest BCUT2D eigenvalue weighted by molar-refractivity contribution is -0.161. The zero-order valence-electron chi connectivity index (χ0n) is 29.7. The third kappa shape index (κ3) is 35.6. The van der Waals surface area contributed by atoms with Crippen molar-refractivity contribution in [3.05, 3.63) is 12.2 Å². The smallest absolute Gasteiger partial charge is 0.462 e. The normalized spacial score (nSPS) is 12.5. The van der Waals surface area contributed by atoms with Crippen LogP contribution in [0.3, 0.4) is 0 Å². The van der Waals surface area contributed by atoms with E-state index < -0.39 is 32.5 Å². The van der Waals surface area contributed by atoms with Crippen molar-refractivity contribution in [2.24, 2.45) is 0 Å². The van der Waals surface area contributed by atoms with Gasteiger partial charge < -0.3 is 19.3 Å². The summed E-state index contributed by atoms with van der Waals surface area (Å²) in [6.45, 7) is 3.67. The van der Waals surface area contributed by atoms with Crippen molar-refractivity contribution in [3.63, 3.8) is 0 Å². The summed E-state index contributed by atoms with van der Waals surface area (Å²) < 4.78 is 26.3. The summed E-state index contributed by atoms with van der Waals surface area (Å²) in [6, 6.07) is 0. The number of esters is 2. The van der Waals surface area contributed by atoms with Gasteiger partial charge in [-0.1, -0.05) is 154 Å². The van der Waals surface area contributed by atoms with Crippen molar-refractivity contribution in [2.75, 3.05) is 13.2 Å². The fourth-order valence-electron chi connectivity index (χ4n) is 5.43. The van der Waals surface area contributed by atoms with Crippen LogP contribution in [0.2, 0.25) is 0 Å². The Hall–Kier alpha value is -1.21. The Kier molecular flexibility index (Phi) is 32.8. The number of hydrogen-bond donors (Lipinski definition) is 2. The van der Waals surface area contributed by atoms with Gasteiger partial charge >= 0.3 is 19.8 Å². The summed E-state index contributed by atoms with van der Waals surface area (Å²) in [6.07, 6.45) is 35.0. The van der Waals surface area contributed by atoms with Gasteiger partial charge in [0.1, 0.15) is 6.61 Å². The molecule has 0 aliphatic carbocycles. The van der Waals surface area contributed by atoms with E-state index in [4.69, 9.17) is 19.3 Å². The van der Waals surface area contributed by atoms with Gasteiger partial charge in [-0.15, -0.1) is 0 Å². The summed E-state index contributed by atoms with van der Waals surface area (Å²) in [7, 11) is -4.75. The van der Waals surface area contributed by atoms with Crippen LogP contribution in [0.4, 0.5) is 0 Å². The maximum atomic E-state index is 12.3. The first-order valence-corrected chi connectivity index (χ1v) is 20.5. The van der Waals surface area contributed by atoms with E-state index in [0.717, 1.165) is 44.9 Å². The van der Waals surface area contributed by atoms with Crippen LogP contribution in [0.25, 0.3) is 0 Å². The molecule has 0 aliphatic rings. The molecule has 0 amide bonds. The van der Waals surface area contributed by atoms with E-state index >= 15 is 0 Å². The van der Waals surface area contributed by atoms with Crippen LogP contribution in [0.1, 0.15) is 194 Å². The molecule has 0 aliphatic heterocycles. The van der Waals surface area contributed by atoms with E-state index in [1.165, 1.54) is 109 Å². The predicted octanol–water partition coefficient (Wildman–Crippen LogP) is 11.1. The van der Waals surface area contributed by atoms with Crippen molar-refractivity contribution in [3.8, 4) is 0 Å². The second kappa shape index (κ2) is 33.7. The van der Waals surface area contributed by atoms with Crippen LogP contribution >= 0.6 is 7.82 Å². The van der Waals surface area contributed by atoms with E-state index in [1.54, 1.807) is 0 Å². The highest BCUT2D eigenvalue weighted by atomic mass is 31.2. The first-order valence-electron chi connectivity index (χ1n) is 19.0. The molecule has 9 heteroatoms. The van der Waals surface area contributed by atoms with Crippen LogP contribution in [0, 0.1) is 0 Å². The molecule has 0 aromatic rings. The van der Waals surface area contributed by atoms with Gasteiger partial charge in [-0.3, -0.25) is 14.1 Å². The first kappa shape index (κ1) is 44.8. The molecule has 46 heavy (non-hydrogen) atoms. The summed E-state index contributed by atoms with van der Waals surface area (Å²) in [5, 5.41) is 0. The quantitative estimate of drug-likeness (QED) is 0.0295. The van der Waals surface area contributed by atoms with Gasteiger partial charge in [-0.05, 0) is 38.5 Å². The predicted molar refractivity (Wildman–Crippen MR) is 189 cm³/mol. The molecule has 0 spiro atoms. The number of rotatable bonds is 35. The van der Waals surface area contributed by atoms with Gasteiger partial charge in [0.05, 0.1) is 6.61 Å². The van der Waals surface area contributed by atoms with E-state index in [9.17, 15) is 14.2 Å². The molecule has 0 unspecified atom stereocenters. The maximum Gasteiger partial charge on any atom is 0.469 e. The van der Waals surface area contributed by atoms with Gasteiger partial charge in [0.25, 0.3) is 0 Å². The average Bonchev–Trinajstić information content (AvgIpc) is 3.02. The fraction of sp³-hybridized carbons (Fsp3) is 0.892. The van der Waals surface area contributed by atoms with Gasteiger partial charge in [-0.2, -0.15) is 0 Å². The molecule has 0 saturated carbocycles. The topological polar surface area (TPSA) is 119 Å². The van der Waals surface area contributed by atoms with Gasteiger partial charge in [0.15, 0.2) is 6.10 Å². The number of hydrogen-bond acceptors (Lipinski definition) is 6. The van der Waals surface area contributed by atoms with Crippen molar-refractivity contribution in [1.29, 1.82) is 0 Å². The standard InChI is InChI=1S/C37H71O8P/c1-3-5-7-9-11-13-15-17-18-20-21-23-25-27-29-31-36(38)43-33-35(34-44-46(40,41)42)45-37(39)32-30-28-26-24-22-19-16-14-12-10-8-6-4-2/h20-21,35H,3-19,22-34H2,1-2H3,(H2,40,41,42)/b21-20+/t35-/m1/s1. The minimum absolute atomic E-state index is 0.214. The van der Waals surface area contributed by atoms with Gasteiger partial charge in [0, 0.05) is 12.8 Å². The minimum atomic E-state index is -4.75. The minimum Gasteiger partial charge on any atom is -0.462 e. The Balaban J connectivity index is 3.96. The van der Waals surface area contributed by atoms with E-state index in [1.807, 2.05) is 0 Å². The lowest BCUT2D eigenvalue weighted by Gasteiger charge is -2.18. The monoisotopic (exact) mass is 674 g/mol. The number of carbonyl (C=O) groups excluding carboxylic acids is 2. The highest BCUT2D eigenvalue weighted by molar-refractivity contribution is 7.46. The summed E-state index contributed by atoms with van der Waals surface area (Å²) >= 11 is 0. The Morgan fingerprint density at radius 3 is 1.35 bits per heavy atom. The van der Waals surface area contributed by atoms with E-state index in [0.29, 0.717) is 12.8 Å². The second-order valence-electron chi connectivity index (χ2n) is 12.9. The Morgan fingerprint density at radius 2 is 0.913 bits per heavy atom. The lowest BCUT2D eigenvalue weighted by atomic mass is 10.0. The number of phosphoric ester groups is 1. The molecular formula is C37H71O8P. The highest BCUT2D eigenvalue weighted by Crippen LogP contribution is 2.36. The molecule has 0 heterocycles. The van der Waals surface area contributed by atoms with Crippen LogP contribution in [-0.4, -0.2) is 41.0 Å². The molecule has 1 atom stereocenters. The Labute approximate surface area is 282 Å². The largest absolute Gasteiger partial charge is 0.469 e. The molecule has 0 rings (SSSR count). The van der Waals surface area contributed by atoms with E-state index in [2.05, 4.69) is 30.5 Å². The molecule has 2 N–H and O–H groups in total. The van der Waals surface area contributed by atoms with Crippen LogP contribution < -0.4 is 0 Å². The Morgan fingerprint density at radius 1 is 0.543 bits per heavy atom. The van der Waals surface area contributed by atoms with Crippen molar-refractivity contribution >= 4 is 19.8 Å². The highest BCUT2D eigenvalue weighted by Gasteiger charge is 2.22. The molecule has 8 nitrogen and oxygen atoms in total. The molecule has 0 bridgehead atoms. The summed E-state index contributed by atoms with van der Waals surface area (Å²) in [5.74, 6) is -0.896. The SMILES string of the molecule is CCCCCCCCCC/C=C/CCCCCC(=O)OC[C@H](COP(=O)(O)O)OC(=O)CCCCCCCCCCCCCCC. The third-order valence-electron chi connectivity index (χ3n) is 8.28. The number of allylic oxidation sites excluding steroid dienone is 2. The van der Waals surface area contributed by atoms with Crippen molar-refractivity contribution in [2.45, 2.75) is 200 Å². The molecule has 0 saturated heterocycles. The van der Waals surface area contributed by atoms with E-state index in [-0.39, 0.29) is 19.4 Å². The van der Waals surface area contributed by atoms with Gasteiger partial charge in [-0.25, -0.2) is 4.57 Å². The number of phosphoric acid groups is 1. The summed E-state index contributed by atoms with van der Waals surface area (Å²) in [4.78, 5) is 42.6. The van der Waals surface area contributed by atoms with Crippen LogP contribution in [0.5, 0.6) is 0 Å². The Bertz CT molecular complexity index is 766. The molecule has 0 aromatic heterocycles. The molecular weight excluding hydrogens is 603 g/mol. The maximum absolute atomic E-state index is 12.3. The molecule has 0 fully saturated rings. The van der Waals surface area contributed by atoms with Crippen molar-refractivity contribution in [1.82, 2.24) is 0 Å². The van der Waals surface area contributed by atoms with Crippen LogP contribution in [-0.2, 0) is 28.2 Å². The average molecular weight is 675 g/mol. The lowest BCUT2D eigenvalue weighted by Crippen LogP contribution is -2.29. The number of carbonyl (C=O) groups is 2. The van der Waals surface area contributed by atoms with Crippen molar-refractivity contribution < 1.29 is 37.9 Å². The second-order valence-corrected chi connectivity index (χ2v) is 14.1. The molecule has 0 aromatic carbocycles. The zero-order chi connectivity index (χ0) is 34.0. The molecule has 0 radical (unpaired) electrons. The molecule has 272 valence electrons. The van der Waals surface area contributed by atoms with Gasteiger partial charge in [0.2, 0.25) is 0 Å². The summed E-state index contributed by atoms with van der Waals surface area (Å²) in [5.41, 5.74) is 0. The first-order chi connectivity index (χ1) is 22.3. The van der Waals surface area contributed by atoms with Crippen LogP contribution in [0.15, 0.2) is 12.2 Å². The number of ether oxygens (including phenoxy) is 2.